The number of rotatable bonds is 7. The first-order valence-corrected chi connectivity index (χ1v) is 6.94. The van der Waals surface area contributed by atoms with E-state index in [0.29, 0.717) is 6.04 Å². The van der Waals surface area contributed by atoms with Crippen molar-refractivity contribution >= 4 is 0 Å². The van der Waals surface area contributed by atoms with Crippen LogP contribution in [0.3, 0.4) is 0 Å². The molecule has 2 N–H and O–H groups in total. The highest BCUT2D eigenvalue weighted by Gasteiger charge is 2.23. The van der Waals surface area contributed by atoms with Crippen molar-refractivity contribution < 1.29 is 9.84 Å². The van der Waals surface area contributed by atoms with E-state index in [0.717, 1.165) is 25.1 Å². The molecule has 1 atom stereocenters. The zero-order chi connectivity index (χ0) is 14.3. The Morgan fingerprint density at radius 1 is 1.21 bits per heavy atom. The third-order valence-electron chi connectivity index (χ3n) is 3.43. The molecular formula is C16H27NO2. The van der Waals surface area contributed by atoms with Gasteiger partial charge >= 0.3 is 0 Å². The van der Waals surface area contributed by atoms with Gasteiger partial charge in [-0.05, 0) is 42.5 Å². The number of aliphatic hydroxyl groups excluding tert-OH is 1. The summed E-state index contributed by atoms with van der Waals surface area (Å²) < 4.78 is 5.15. The lowest BCUT2D eigenvalue weighted by Crippen LogP contribution is -2.41. The molecule has 0 radical (unpaired) electrons. The van der Waals surface area contributed by atoms with Crippen LogP contribution in [0, 0.1) is 5.41 Å². The number of methoxy groups -OCH3 is 1. The molecule has 0 heterocycles. The van der Waals surface area contributed by atoms with E-state index in [1.165, 1.54) is 5.56 Å². The summed E-state index contributed by atoms with van der Waals surface area (Å²) in [6, 6.07) is 8.52. The highest BCUT2D eigenvalue weighted by atomic mass is 16.5. The number of hydrogen-bond donors (Lipinski definition) is 2. The van der Waals surface area contributed by atoms with E-state index in [9.17, 15) is 0 Å². The minimum absolute atomic E-state index is 0.169. The monoisotopic (exact) mass is 265 g/mol. The van der Waals surface area contributed by atoms with E-state index in [4.69, 9.17) is 9.84 Å². The van der Waals surface area contributed by atoms with Crippen LogP contribution in [0.2, 0.25) is 0 Å². The quantitative estimate of drug-likeness (QED) is 0.796. The number of hydrogen-bond acceptors (Lipinski definition) is 3. The van der Waals surface area contributed by atoms with E-state index in [1.54, 1.807) is 7.11 Å². The number of benzene rings is 1. The van der Waals surface area contributed by atoms with Gasteiger partial charge in [0.1, 0.15) is 5.75 Å². The van der Waals surface area contributed by atoms with Crippen LogP contribution < -0.4 is 10.1 Å². The first kappa shape index (κ1) is 16.0. The lowest BCUT2D eigenvalue weighted by Gasteiger charge is -2.31. The van der Waals surface area contributed by atoms with Crippen molar-refractivity contribution in [3.8, 4) is 5.75 Å². The Labute approximate surface area is 117 Å². The van der Waals surface area contributed by atoms with E-state index >= 15 is 0 Å². The van der Waals surface area contributed by atoms with E-state index < -0.39 is 0 Å². The SMILES string of the molecule is COc1ccc(CCNC(CCO)C(C)(C)C)cc1. The molecule has 0 aromatic heterocycles. The van der Waals surface area contributed by atoms with Crippen LogP contribution in [-0.4, -0.2) is 31.4 Å². The van der Waals surface area contributed by atoms with Gasteiger partial charge in [-0.2, -0.15) is 0 Å². The minimum Gasteiger partial charge on any atom is -0.497 e. The molecule has 0 saturated carbocycles. The summed E-state index contributed by atoms with van der Waals surface area (Å²) in [5.74, 6) is 0.893. The van der Waals surface area contributed by atoms with Crippen molar-refractivity contribution in [1.29, 1.82) is 0 Å². The Hall–Kier alpha value is -1.06. The zero-order valence-electron chi connectivity index (χ0n) is 12.6. The molecule has 0 bridgehead atoms. The molecule has 0 saturated heterocycles. The Morgan fingerprint density at radius 2 is 1.84 bits per heavy atom. The summed E-state index contributed by atoms with van der Waals surface area (Å²) in [6.45, 7) is 7.76. The summed E-state index contributed by atoms with van der Waals surface area (Å²) in [5.41, 5.74) is 1.47. The van der Waals surface area contributed by atoms with Gasteiger partial charge in [0.05, 0.1) is 7.11 Å². The molecule has 19 heavy (non-hydrogen) atoms. The predicted molar refractivity (Wildman–Crippen MR) is 79.6 cm³/mol. The zero-order valence-corrected chi connectivity index (χ0v) is 12.6. The molecule has 1 aromatic carbocycles. The topological polar surface area (TPSA) is 41.5 Å². The molecule has 1 rings (SSSR count). The van der Waals surface area contributed by atoms with Gasteiger partial charge in [0.15, 0.2) is 0 Å². The minimum atomic E-state index is 0.169. The fourth-order valence-electron chi connectivity index (χ4n) is 2.15. The van der Waals surface area contributed by atoms with Gasteiger partial charge in [-0.3, -0.25) is 0 Å². The number of ether oxygens (including phenoxy) is 1. The first-order chi connectivity index (χ1) is 8.97. The summed E-state index contributed by atoms with van der Waals surface area (Å²) in [5, 5.41) is 12.7. The third kappa shape index (κ3) is 5.62. The molecular weight excluding hydrogens is 238 g/mol. The van der Waals surface area contributed by atoms with Crippen LogP contribution in [0.5, 0.6) is 5.75 Å². The lowest BCUT2D eigenvalue weighted by molar-refractivity contribution is 0.198. The fraction of sp³-hybridized carbons (Fsp3) is 0.625. The van der Waals surface area contributed by atoms with Crippen LogP contribution in [0.1, 0.15) is 32.8 Å². The lowest BCUT2D eigenvalue weighted by atomic mass is 9.85. The van der Waals surface area contributed by atoms with Gasteiger partial charge < -0.3 is 15.2 Å². The second kappa shape index (κ2) is 7.51. The first-order valence-electron chi connectivity index (χ1n) is 6.94. The van der Waals surface area contributed by atoms with Gasteiger partial charge in [0.2, 0.25) is 0 Å². The molecule has 0 aliphatic carbocycles. The van der Waals surface area contributed by atoms with Crippen LogP contribution in [0.15, 0.2) is 24.3 Å². The van der Waals surface area contributed by atoms with Crippen molar-refractivity contribution in [1.82, 2.24) is 5.32 Å². The van der Waals surface area contributed by atoms with Gasteiger partial charge in [-0.25, -0.2) is 0 Å². The molecule has 108 valence electrons. The third-order valence-corrected chi connectivity index (χ3v) is 3.43. The van der Waals surface area contributed by atoms with Crippen LogP contribution >= 0.6 is 0 Å². The maximum absolute atomic E-state index is 9.12. The van der Waals surface area contributed by atoms with Gasteiger partial charge in [-0.1, -0.05) is 32.9 Å². The number of nitrogens with one attached hydrogen (secondary N) is 1. The maximum atomic E-state index is 9.12. The second-order valence-corrected chi connectivity index (χ2v) is 5.98. The highest BCUT2D eigenvalue weighted by molar-refractivity contribution is 5.27. The Morgan fingerprint density at radius 3 is 2.32 bits per heavy atom. The van der Waals surface area contributed by atoms with Gasteiger partial charge in [0, 0.05) is 12.6 Å². The highest BCUT2D eigenvalue weighted by Crippen LogP contribution is 2.21. The van der Waals surface area contributed by atoms with Crippen molar-refractivity contribution in [2.75, 3.05) is 20.3 Å². The summed E-state index contributed by atoms with van der Waals surface area (Å²) in [4.78, 5) is 0. The Kier molecular flexibility index (Phi) is 6.32. The van der Waals surface area contributed by atoms with Crippen molar-refractivity contribution in [2.24, 2.45) is 5.41 Å². The average Bonchev–Trinajstić information content (AvgIpc) is 2.37. The fourth-order valence-corrected chi connectivity index (χ4v) is 2.15. The molecule has 0 fully saturated rings. The maximum Gasteiger partial charge on any atom is 0.118 e. The molecule has 0 spiro atoms. The Balaban J connectivity index is 2.42. The summed E-state index contributed by atoms with van der Waals surface area (Å²) >= 11 is 0. The predicted octanol–water partition coefficient (Wildman–Crippen LogP) is 2.62. The van der Waals surface area contributed by atoms with Crippen molar-refractivity contribution in [3.05, 3.63) is 29.8 Å². The molecule has 1 unspecified atom stereocenters. The standard InChI is InChI=1S/C16H27NO2/c1-16(2,3)15(10-12-18)17-11-9-13-5-7-14(19-4)8-6-13/h5-8,15,17-18H,9-12H2,1-4H3. The molecule has 0 aliphatic rings. The Bertz CT molecular complexity index is 354. The second-order valence-electron chi connectivity index (χ2n) is 5.98. The van der Waals surface area contributed by atoms with Gasteiger partial charge in [0.25, 0.3) is 0 Å². The summed E-state index contributed by atoms with van der Waals surface area (Å²) in [6.07, 6.45) is 1.79. The average molecular weight is 265 g/mol. The smallest absolute Gasteiger partial charge is 0.118 e. The molecule has 0 aliphatic heterocycles. The van der Waals surface area contributed by atoms with Crippen molar-refractivity contribution in [2.45, 2.75) is 39.7 Å². The van der Waals surface area contributed by atoms with Crippen LogP contribution in [-0.2, 0) is 6.42 Å². The normalized spacial score (nSPS) is 13.3. The summed E-state index contributed by atoms with van der Waals surface area (Å²) in [7, 11) is 1.68. The molecule has 3 nitrogen and oxygen atoms in total. The number of aliphatic hydroxyl groups is 1. The van der Waals surface area contributed by atoms with E-state index in [2.05, 4.69) is 38.2 Å². The molecule has 0 amide bonds. The molecule has 1 aromatic rings. The van der Waals surface area contributed by atoms with E-state index in [-0.39, 0.29) is 12.0 Å². The van der Waals surface area contributed by atoms with Gasteiger partial charge in [-0.15, -0.1) is 0 Å². The van der Waals surface area contributed by atoms with Crippen LogP contribution in [0.4, 0.5) is 0 Å². The van der Waals surface area contributed by atoms with Crippen molar-refractivity contribution in [3.63, 3.8) is 0 Å². The molecule has 3 heteroatoms. The van der Waals surface area contributed by atoms with Crippen LogP contribution in [0.25, 0.3) is 0 Å². The van der Waals surface area contributed by atoms with E-state index in [1.807, 2.05) is 12.1 Å². The largest absolute Gasteiger partial charge is 0.497 e.